The topological polar surface area (TPSA) is 47.6 Å². The van der Waals surface area contributed by atoms with Crippen LogP contribution >= 0.6 is 0 Å². The van der Waals surface area contributed by atoms with Gasteiger partial charge in [-0.25, -0.2) is 0 Å². The first kappa shape index (κ1) is 17.1. The van der Waals surface area contributed by atoms with Gasteiger partial charge in [0, 0.05) is 17.2 Å². The van der Waals surface area contributed by atoms with E-state index in [1.165, 1.54) is 0 Å². The number of allylic oxidation sites excluding steroid dienone is 1. The van der Waals surface area contributed by atoms with Crippen molar-refractivity contribution in [2.24, 2.45) is 5.92 Å². The Hall–Kier alpha value is -1.97. The second-order valence-corrected chi connectivity index (χ2v) is 5.37. The zero-order valence-corrected chi connectivity index (χ0v) is 13.5. The molecule has 1 unspecified atom stereocenters. The summed E-state index contributed by atoms with van der Waals surface area (Å²) in [6, 6.07) is 3.63. The highest BCUT2D eigenvalue weighted by molar-refractivity contribution is 5.95. The molecule has 0 bridgehead atoms. The van der Waals surface area contributed by atoms with Gasteiger partial charge >= 0.3 is 0 Å². The van der Waals surface area contributed by atoms with E-state index >= 15 is 0 Å². The molecule has 4 nitrogen and oxygen atoms in total. The third-order valence-corrected chi connectivity index (χ3v) is 3.54. The van der Waals surface area contributed by atoms with E-state index in [4.69, 9.17) is 9.47 Å². The molecule has 21 heavy (non-hydrogen) atoms. The van der Waals surface area contributed by atoms with E-state index in [1.54, 1.807) is 26.4 Å². The van der Waals surface area contributed by atoms with Crippen LogP contribution in [0, 0.1) is 5.92 Å². The quantitative estimate of drug-likeness (QED) is 0.785. The van der Waals surface area contributed by atoms with Crippen molar-refractivity contribution in [1.29, 1.82) is 0 Å². The molecule has 1 amide bonds. The van der Waals surface area contributed by atoms with Crippen LogP contribution < -0.4 is 14.8 Å². The second-order valence-electron chi connectivity index (χ2n) is 5.37. The monoisotopic (exact) mass is 291 g/mol. The molecule has 1 N–H and O–H groups in total. The van der Waals surface area contributed by atoms with Gasteiger partial charge in [-0.15, -0.1) is 6.58 Å². The summed E-state index contributed by atoms with van der Waals surface area (Å²) in [7, 11) is 3.15. The number of carbonyl (C=O) groups is 1. The van der Waals surface area contributed by atoms with E-state index in [0.717, 1.165) is 5.56 Å². The Balaban J connectivity index is 3.15. The molecule has 0 spiro atoms. The number of hydrogen-bond donors (Lipinski definition) is 1. The lowest BCUT2D eigenvalue weighted by Crippen LogP contribution is -2.36. The van der Waals surface area contributed by atoms with Gasteiger partial charge in [0.25, 0.3) is 5.91 Å². The molecule has 1 rings (SSSR count). The Morgan fingerprint density at radius 3 is 2.43 bits per heavy atom. The Kier molecular flexibility index (Phi) is 6.28. The second kappa shape index (κ2) is 7.72. The molecule has 0 aromatic heterocycles. The molecular formula is C17H25NO3. The Morgan fingerprint density at radius 2 is 1.95 bits per heavy atom. The number of hydrogen-bond acceptors (Lipinski definition) is 3. The van der Waals surface area contributed by atoms with Gasteiger partial charge in [-0.05, 0) is 31.4 Å². The summed E-state index contributed by atoms with van der Waals surface area (Å²) in [5, 5.41) is 2.99. The number of amides is 1. The van der Waals surface area contributed by atoms with Crippen LogP contribution in [0.1, 0.15) is 36.7 Å². The Bertz CT molecular complexity index is 509. The van der Waals surface area contributed by atoms with Gasteiger partial charge in [0.05, 0.1) is 14.2 Å². The molecule has 1 aromatic carbocycles. The van der Waals surface area contributed by atoms with Crippen LogP contribution in [0.2, 0.25) is 0 Å². The lowest BCUT2D eigenvalue weighted by atomic mass is 10.0. The van der Waals surface area contributed by atoms with Crippen LogP contribution in [-0.2, 0) is 6.42 Å². The Labute approximate surface area is 127 Å². The number of methoxy groups -OCH3 is 2. The molecule has 1 aromatic rings. The van der Waals surface area contributed by atoms with Crippen molar-refractivity contribution in [3.63, 3.8) is 0 Å². The first-order chi connectivity index (χ1) is 9.94. The first-order valence-electron chi connectivity index (χ1n) is 7.11. The molecule has 0 radical (unpaired) electrons. The summed E-state index contributed by atoms with van der Waals surface area (Å²) < 4.78 is 10.7. The zero-order valence-electron chi connectivity index (χ0n) is 13.5. The molecule has 0 fully saturated rings. The van der Waals surface area contributed by atoms with Gasteiger partial charge in [0.1, 0.15) is 0 Å². The highest BCUT2D eigenvalue weighted by atomic mass is 16.5. The van der Waals surface area contributed by atoms with E-state index in [9.17, 15) is 4.79 Å². The number of carbonyl (C=O) groups excluding carboxylic acids is 1. The predicted octanol–water partition coefficient (Wildman–Crippen LogP) is 3.21. The maximum atomic E-state index is 12.4. The lowest BCUT2D eigenvalue weighted by Gasteiger charge is -2.19. The van der Waals surface area contributed by atoms with Crippen molar-refractivity contribution in [1.82, 2.24) is 5.32 Å². The Morgan fingerprint density at radius 1 is 1.29 bits per heavy atom. The van der Waals surface area contributed by atoms with Crippen molar-refractivity contribution in [3.05, 3.63) is 35.9 Å². The van der Waals surface area contributed by atoms with Gasteiger partial charge in [0.2, 0.25) is 0 Å². The average Bonchev–Trinajstić information content (AvgIpc) is 2.46. The molecule has 4 heteroatoms. The van der Waals surface area contributed by atoms with Crippen molar-refractivity contribution < 1.29 is 14.3 Å². The first-order valence-corrected chi connectivity index (χ1v) is 7.11. The summed E-state index contributed by atoms with van der Waals surface area (Å²) in [5.41, 5.74) is 1.45. The zero-order chi connectivity index (χ0) is 16.0. The minimum absolute atomic E-state index is 0.105. The molecular weight excluding hydrogens is 266 g/mol. The summed E-state index contributed by atoms with van der Waals surface area (Å²) in [4.78, 5) is 12.4. The fourth-order valence-electron chi connectivity index (χ4n) is 1.94. The maximum Gasteiger partial charge on any atom is 0.251 e. The van der Waals surface area contributed by atoms with E-state index in [1.807, 2.05) is 13.0 Å². The minimum Gasteiger partial charge on any atom is -0.493 e. The summed E-state index contributed by atoms with van der Waals surface area (Å²) in [6.45, 7) is 9.87. The smallest absolute Gasteiger partial charge is 0.251 e. The van der Waals surface area contributed by atoms with E-state index in [2.05, 4.69) is 25.7 Å². The van der Waals surface area contributed by atoms with Crippen molar-refractivity contribution in [3.8, 4) is 11.5 Å². The van der Waals surface area contributed by atoms with Crippen LogP contribution in [0.5, 0.6) is 11.5 Å². The highest BCUT2D eigenvalue weighted by Crippen LogP contribution is 2.33. The predicted molar refractivity (Wildman–Crippen MR) is 85.2 cm³/mol. The number of benzene rings is 1. The van der Waals surface area contributed by atoms with Crippen LogP contribution in [0.3, 0.4) is 0 Å². The molecule has 1 atom stereocenters. The molecule has 0 saturated heterocycles. The van der Waals surface area contributed by atoms with Crippen molar-refractivity contribution in [2.75, 3.05) is 14.2 Å². The fourth-order valence-corrected chi connectivity index (χ4v) is 1.94. The van der Waals surface area contributed by atoms with Crippen LogP contribution in [0.4, 0.5) is 0 Å². The van der Waals surface area contributed by atoms with Crippen LogP contribution in [0.25, 0.3) is 0 Å². The summed E-state index contributed by atoms with van der Waals surface area (Å²) in [6.07, 6.45) is 2.39. The van der Waals surface area contributed by atoms with Gasteiger partial charge in [-0.2, -0.15) is 0 Å². The number of nitrogens with one attached hydrogen (secondary N) is 1. The van der Waals surface area contributed by atoms with Crippen LogP contribution in [-0.4, -0.2) is 26.2 Å². The molecule has 0 heterocycles. The van der Waals surface area contributed by atoms with E-state index < -0.39 is 0 Å². The average molecular weight is 291 g/mol. The number of ether oxygens (including phenoxy) is 2. The van der Waals surface area contributed by atoms with Gasteiger partial charge in [-0.3, -0.25) is 4.79 Å². The third-order valence-electron chi connectivity index (χ3n) is 3.54. The number of rotatable bonds is 7. The van der Waals surface area contributed by atoms with Gasteiger partial charge in [-0.1, -0.05) is 19.9 Å². The lowest BCUT2D eigenvalue weighted by molar-refractivity contribution is 0.0930. The van der Waals surface area contributed by atoms with E-state index in [-0.39, 0.29) is 11.9 Å². The SMILES string of the molecule is C=CCc1cc(C(=O)NC(C)C(C)C)cc(OC)c1OC. The van der Waals surface area contributed by atoms with E-state index in [0.29, 0.717) is 29.4 Å². The van der Waals surface area contributed by atoms with Gasteiger partial charge < -0.3 is 14.8 Å². The molecule has 116 valence electrons. The molecule has 0 aliphatic carbocycles. The summed E-state index contributed by atoms with van der Waals surface area (Å²) >= 11 is 0. The van der Waals surface area contributed by atoms with Crippen molar-refractivity contribution in [2.45, 2.75) is 33.2 Å². The molecule has 0 aliphatic rings. The summed E-state index contributed by atoms with van der Waals surface area (Å²) in [5.74, 6) is 1.47. The van der Waals surface area contributed by atoms with Crippen LogP contribution in [0.15, 0.2) is 24.8 Å². The highest BCUT2D eigenvalue weighted by Gasteiger charge is 2.17. The van der Waals surface area contributed by atoms with Gasteiger partial charge in [0.15, 0.2) is 11.5 Å². The molecule has 0 aliphatic heterocycles. The third kappa shape index (κ3) is 4.25. The largest absolute Gasteiger partial charge is 0.493 e. The fraction of sp³-hybridized carbons (Fsp3) is 0.471. The molecule has 0 saturated carbocycles. The normalized spacial score (nSPS) is 11.9. The van der Waals surface area contributed by atoms with Crippen molar-refractivity contribution >= 4 is 5.91 Å². The standard InChI is InChI=1S/C17H25NO3/c1-7-8-13-9-14(10-15(20-5)16(13)21-6)17(19)18-12(4)11(2)3/h7,9-12H,1,8H2,2-6H3,(H,18,19). The minimum atomic E-state index is -0.109. The maximum absolute atomic E-state index is 12.4.